The van der Waals surface area contributed by atoms with Gasteiger partial charge in [0, 0.05) is 37.9 Å². The van der Waals surface area contributed by atoms with Crippen molar-refractivity contribution >= 4 is 34.3 Å². The number of aromatic nitrogens is 1. The Balaban J connectivity index is 1.49. The Morgan fingerprint density at radius 3 is 2.65 bits per heavy atom. The predicted molar refractivity (Wildman–Crippen MR) is 96.4 cm³/mol. The van der Waals surface area contributed by atoms with Crippen molar-refractivity contribution in [2.45, 2.75) is 0 Å². The van der Waals surface area contributed by atoms with Crippen molar-refractivity contribution in [2.75, 3.05) is 31.1 Å². The Hall–Kier alpha value is -2.80. The number of hydrogen-bond donors (Lipinski definition) is 1. The highest BCUT2D eigenvalue weighted by atomic mass is 35.5. The van der Waals surface area contributed by atoms with Crippen molar-refractivity contribution in [2.24, 2.45) is 0 Å². The number of nitrogens with one attached hydrogen (secondary N) is 1. The summed E-state index contributed by atoms with van der Waals surface area (Å²) in [5.74, 6) is -1.51. The largest absolute Gasteiger partial charge is 0.417 e. The van der Waals surface area contributed by atoms with E-state index >= 15 is 0 Å². The van der Waals surface area contributed by atoms with Crippen LogP contribution in [0.25, 0.3) is 11.1 Å². The number of fused-ring (bicyclic) bond motifs is 1. The number of carbonyl (C=O) groups excluding carboxylic acids is 1. The molecule has 2 aromatic carbocycles. The van der Waals surface area contributed by atoms with Crippen LogP contribution in [0.15, 0.2) is 45.6 Å². The minimum atomic E-state index is -0.613. The number of aromatic amines is 1. The first-order valence-corrected chi connectivity index (χ1v) is 8.52. The van der Waals surface area contributed by atoms with Gasteiger partial charge >= 0.3 is 5.76 Å². The quantitative estimate of drug-likeness (QED) is 0.747. The molecular formula is C18H15ClFN3O3. The van der Waals surface area contributed by atoms with E-state index in [4.69, 9.17) is 16.0 Å². The molecule has 1 N–H and O–H groups in total. The Kier molecular flexibility index (Phi) is 4.16. The second-order valence-electron chi connectivity index (χ2n) is 6.07. The van der Waals surface area contributed by atoms with Crippen molar-refractivity contribution in [3.8, 4) is 0 Å². The van der Waals surface area contributed by atoms with Crippen LogP contribution in [0.4, 0.5) is 10.1 Å². The van der Waals surface area contributed by atoms with Gasteiger partial charge in [0.2, 0.25) is 0 Å². The zero-order chi connectivity index (χ0) is 18.3. The summed E-state index contributed by atoms with van der Waals surface area (Å²) in [6.45, 7) is 2.05. The van der Waals surface area contributed by atoms with E-state index in [1.807, 2.05) is 6.07 Å². The van der Waals surface area contributed by atoms with Gasteiger partial charge in [-0.05, 0) is 24.3 Å². The molecule has 134 valence electrons. The third-order valence-electron chi connectivity index (χ3n) is 4.51. The van der Waals surface area contributed by atoms with Crippen molar-refractivity contribution in [3.05, 3.63) is 63.4 Å². The van der Waals surface area contributed by atoms with Crippen molar-refractivity contribution in [1.82, 2.24) is 9.88 Å². The summed E-state index contributed by atoms with van der Waals surface area (Å²) in [6, 6.07) is 9.68. The molecule has 0 bridgehead atoms. The van der Waals surface area contributed by atoms with Gasteiger partial charge in [-0.2, -0.15) is 0 Å². The van der Waals surface area contributed by atoms with Crippen LogP contribution in [-0.2, 0) is 0 Å². The monoisotopic (exact) mass is 375 g/mol. The van der Waals surface area contributed by atoms with Crippen LogP contribution in [0.2, 0.25) is 5.02 Å². The molecule has 4 rings (SSSR count). The fraction of sp³-hybridized carbons (Fsp3) is 0.222. The van der Waals surface area contributed by atoms with Gasteiger partial charge in [-0.1, -0.05) is 17.7 Å². The summed E-state index contributed by atoms with van der Waals surface area (Å²) in [5.41, 5.74) is 1.94. The summed E-state index contributed by atoms with van der Waals surface area (Å²) < 4.78 is 19.1. The summed E-state index contributed by atoms with van der Waals surface area (Å²) in [7, 11) is 0. The Morgan fingerprint density at radius 1 is 1.15 bits per heavy atom. The first-order chi connectivity index (χ1) is 12.5. The van der Waals surface area contributed by atoms with E-state index in [0.717, 1.165) is 5.69 Å². The summed E-state index contributed by atoms with van der Waals surface area (Å²) in [4.78, 5) is 30.1. The number of carbonyl (C=O) groups is 1. The van der Waals surface area contributed by atoms with Gasteiger partial charge in [0.05, 0.1) is 16.1 Å². The number of piperazine rings is 1. The maximum atomic E-state index is 14.0. The van der Waals surface area contributed by atoms with E-state index in [-0.39, 0.29) is 10.6 Å². The summed E-state index contributed by atoms with van der Waals surface area (Å²) >= 11 is 5.99. The molecule has 1 aromatic heterocycles. The highest BCUT2D eigenvalue weighted by Gasteiger charge is 2.26. The van der Waals surface area contributed by atoms with E-state index in [0.29, 0.717) is 37.3 Å². The molecule has 1 saturated heterocycles. The molecule has 1 fully saturated rings. The molecule has 3 aromatic rings. The molecule has 0 aliphatic carbocycles. The number of hydrogen-bond acceptors (Lipinski definition) is 4. The smallest absolute Gasteiger partial charge is 0.408 e. The zero-order valence-corrected chi connectivity index (χ0v) is 14.4. The van der Waals surface area contributed by atoms with E-state index in [9.17, 15) is 14.0 Å². The fourth-order valence-corrected chi connectivity index (χ4v) is 3.40. The van der Waals surface area contributed by atoms with Crippen molar-refractivity contribution < 1.29 is 13.6 Å². The molecule has 8 heteroatoms. The van der Waals surface area contributed by atoms with Crippen LogP contribution in [0.1, 0.15) is 10.4 Å². The summed E-state index contributed by atoms with van der Waals surface area (Å²) in [6.07, 6.45) is 0. The van der Waals surface area contributed by atoms with E-state index < -0.39 is 17.5 Å². The van der Waals surface area contributed by atoms with Crippen molar-refractivity contribution in [3.63, 3.8) is 0 Å². The SMILES string of the molecule is O=C(c1c(F)cccc1Cl)N1CCN(c2ccc3[nH]c(=O)oc3c2)CC1. The topological polar surface area (TPSA) is 69.6 Å². The molecule has 1 aliphatic heterocycles. The molecule has 0 radical (unpaired) electrons. The fourth-order valence-electron chi connectivity index (χ4n) is 3.16. The number of oxazole rings is 1. The second kappa shape index (κ2) is 6.49. The lowest BCUT2D eigenvalue weighted by molar-refractivity contribution is 0.0742. The van der Waals surface area contributed by atoms with Gasteiger partial charge in [0.25, 0.3) is 5.91 Å². The average Bonchev–Trinajstić information content (AvgIpc) is 3.00. The number of benzene rings is 2. The van der Waals surface area contributed by atoms with Crippen LogP contribution in [0, 0.1) is 5.82 Å². The van der Waals surface area contributed by atoms with Crippen LogP contribution in [0.5, 0.6) is 0 Å². The lowest BCUT2D eigenvalue weighted by Crippen LogP contribution is -2.49. The Labute approximate surface area is 152 Å². The minimum Gasteiger partial charge on any atom is -0.408 e. The van der Waals surface area contributed by atoms with Gasteiger partial charge in [-0.3, -0.25) is 9.78 Å². The van der Waals surface area contributed by atoms with Gasteiger partial charge in [0.1, 0.15) is 5.82 Å². The first-order valence-electron chi connectivity index (χ1n) is 8.14. The molecule has 0 atom stereocenters. The number of rotatable bonds is 2. The van der Waals surface area contributed by atoms with Crippen LogP contribution in [-0.4, -0.2) is 42.0 Å². The van der Waals surface area contributed by atoms with E-state index in [1.165, 1.54) is 18.2 Å². The van der Waals surface area contributed by atoms with E-state index in [1.54, 1.807) is 17.0 Å². The zero-order valence-electron chi connectivity index (χ0n) is 13.7. The number of nitrogens with zero attached hydrogens (tertiary/aromatic N) is 2. The summed E-state index contributed by atoms with van der Waals surface area (Å²) in [5, 5.41) is 0.116. The number of halogens is 2. The van der Waals surface area contributed by atoms with Crippen LogP contribution < -0.4 is 10.7 Å². The van der Waals surface area contributed by atoms with Crippen LogP contribution >= 0.6 is 11.6 Å². The lowest BCUT2D eigenvalue weighted by Gasteiger charge is -2.36. The molecule has 1 amide bonds. The highest BCUT2D eigenvalue weighted by Crippen LogP contribution is 2.24. The first kappa shape index (κ1) is 16.7. The number of anilines is 1. The number of H-pyrrole nitrogens is 1. The molecule has 6 nitrogen and oxygen atoms in total. The molecular weight excluding hydrogens is 361 g/mol. The molecule has 1 aliphatic rings. The van der Waals surface area contributed by atoms with Crippen molar-refractivity contribution in [1.29, 1.82) is 0 Å². The molecule has 2 heterocycles. The second-order valence-corrected chi connectivity index (χ2v) is 6.48. The molecule has 0 unspecified atom stereocenters. The van der Waals surface area contributed by atoms with Gasteiger partial charge in [0.15, 0.2) is 5.58 Å². The third kappa shape index (κ3) is 2.94. The van der Waals surface area contributed by atoms with Crippen LogP contribution in [0.3, 0.4) is 0 Å². The molecule has 0 saturated carbocycles. The highest BCUT2D eigenvalue weighted by molar-refractivity contribution is 6.33. The van der Waals surface area contributed by atoms with Gasteiger partial charge < -0.3 is 14.2 Å². The average molecular weight is 376 g/mol. The Morgan fingerprint density at radius 2 is 1.92 bits per heavy atom. The maximum absolute atomic E-state index is 14.0. The third-order valence-corrected chi connectivity index (χ3v) is 4.83. The molecule has 26 heavy (non-hydrogen) atoms. The standard InChI is InChI=1S/C18H15ClFN3O3/c19-12-2-1-3-13(20)16(12)17(24)23-8-6-22(7-9-23)11-4-5-14-15(10-11)26-18(25)21-14/h1-5,10H,6-9H2,(H,21,25). The maximum Gasteiger partial charge on any atom is 0.417 e. The molecule has 0 spiro atoms. The van der Waals surface area contributed by atoms with Gasteiger partial charge in [-0.15, -0.1) is 0 Å². The number of amides is 1. The van der Waals surface area contributed by atoms with Gasteiger partial charge in [-0.25, -0.2) is 9.18 Å². The predicted octanol–water partition coefficient (Wildman–Crippen LogP) is 2.88. The lowest BCUT2D eigenvalue weighted by atomic mass is 10.1. The minimum absolute atomic E-state index is 0.0851. The Bertz CT molecular complexity index is 1020. The van der Waals surface area contributed by atoms with E-state index in [2.05, 4.69) is 9.88 Å². The normalized spacial score (nSPS) is 14.8.